The molecule has 0 N–H and O–H groups in total. The maximum absolute atomic E-state index is 6.49. The van der Waals surface area contributed by atoms with Gasteiger partial charge in [0.1, 0.15) is 0 Å². The molecule has 105 valence electrons. The summed E-state index contributed by atoms with van der Waals surface area (Å²) in [4.78, 5) is 0. The van der Waals surface area contributed by atoms with E-state index >= 15 is 0 Å². The van der Waals surface area contributed by atoms with Crippen molar-refractivity contribution in [1.29, 1.82) is 0 Å². The van der Waals surface area contributed by atoms with E-state index in [0.717, 1.165) is 27.6 Å². The molecule has 0 bridgehead atoms. The quantitative estimate of drug-likeness (QED) is 0.611. The van der Waals surface area contributed by atoms with Gasteiger partial charge in [-0.2, -0.15) is 0 Å². The molecular weight excluding hydrogens is 299 g/mol. The second-order valence-corrected chi connectivity index (χ2v) is 6.00. The van der Waals surface area contributed by atoms with Crippen LogP contribution in [-0.2, 0) is 0 Å². The van der Waals surface area contributed by atoms with E-state index in [0.29, 0.717) is 0 Å². The molecule has 0 aliphatic heterocycles. The van der Waals surface area contributed by atoms with Crippen molar-refractivity contribution in [3.8, 4) is 0 Å². The summed E-state index contributed by atoms with van der Waals surface area (Å²) in [6, 6.07) is 16.4. The second kappa shape index (κ2) is 6.09. The third-order valence-corrected chi connectivity index (χ3v) is 4.18. The van der Waals surface area contributed by atoms with Gasteiger partial charge in [0.25, 0.3) is 0 Å². The van der Waals surface area contributed by atoms with Gasteiger partial charge in [0.15, 0.2) is 0 Å². The van der Waals surface area contributed by atoms with Crippen LogP contribution < -0.4 is 0 Å². The van der Waals surface area contributed by atoms with Crippen LogP contribution in [0.1, 0.15) is 23.1 Å². The number of allylic oxidation sites excluding steroid dienone is 4. The minimum atomic E-state index is 0.721. The molecule has 2 heteroatoms. The van der Waals surface area contributed by atoms with Crippen molar-refractivity contribution in [3.05, 3.63) is 87.8 Å². The third kappa shape index (κ3) is 3.07. The Balaban J connectivity index is 2.11. The molecule has 1 aliphatic carbocycles. The van der Waals surface area contributed by atoms with Gasteiger partial charge in [-0.1, -0.05) is 71.2 Å². The normalized spacial score (nSPS) is 15.1. The molecule has 0 fully saturated rings. The van der Waals surface area contributed by atoms with Crippen LogP contribution in [0.2, 0.25) is 5.02 Å². The first-order valence-electron chi connectivity index (χ1n) is 6.91. The molecule has 0 aromatic heterocycles. The zero-order chi connectivity index (χ0) is 14.8. The lowest BCUT2D eigenvalue weighted by Gasteiger charge is -2.20. The van der Waals surface area contributed by atoms with E-state index in [1.54, 1.807) is 0 Å². The van der Waals surface area contributed by atoms with Crippen molar-refractivity contribution in [2.24, 2.45) is 0 Å². The molecule has 0 heterocycles. The van der Waals surface area contributed by atoms with Crippen LogP contribution in [-0.4, -0.2) is 0 Å². The molecule has 1 aliphatic rings. The average molecular weight is 314 g/mol. The number of halogens is 2. The van der Waals surface area contributed by atoms with Gasteiger partial charge in [0.2, 0.25) is 0 Å². The van der Waals surface area contributed by atoms with Gasteiger partial charge in [-0.3, -0.25) is 0 Å². The van der Waals surface area contributed by atoms with Crippen LogP contribution in [0.15, 0.2) is 59.6 Å². The first kappa shape index (κ1) is 14.4. The van der Waals surface area contributed by atoms with Gasteiger partial charge in [0.05, 0.1) is 0 Å². The Bertz CT molecular complexity index is 721. The van der Waals surface area contributed by atoms with E-state index in [-0.39, 0.29) is 0 Å². The summed E-state index contributed by atoms with van der Waals surface area (Å²) in [6.45, 7) is 2.09. The number of rotatable bonds is 2. The van der Waals surface area contributed by atoms with Crippen molar-refractivity contribution < 1.29 is 0 Å². The lowest BCUT2D eigenvalue weighted by Crippen LogP contribution is -1.99. The molecule has 0 saturated heterocycles. The van der Waals surface area contributed by atoms with Crippen molar-refractivity contribution in [3.63, 3.8) is 0 Å². The van der Waals surface area contributed by atoms with E-state index in [1.165, 1.54) is 16.7 Å². The van der Waals surface area contributed by atoms with Gasteiger partial charge in [-0.15, -0.1) is 0 Å². The minimum Gasteiger partial charge on any atom is -0.0881 e. The summed E-state index contributed by atoms with van der Waals surface area (Å²) in [7, 11) is 0. The Morgan fingerprint density at radius 1 is 0.905 bits per heavy atom. The molecule has 0 saturated carbocycles. The molecule has 0 spiro atoms. The smallest absolute Gasteiger partial charge is 0.0412 e. The second-order valence-electron chi connectivity index (χ2n) is 5.16. The van der Waals surface area contributed by atoms with E-state index in [2.05, 4.69) is 37.3 Å². The summed E-state index contributed by atoms with van der Waals surface area (Å²) in [6.07, 6.45) is 5.11. The molecule has 21 heavy (non-hydrogen) atoms. The van der Waals surface area contributed by atoms with Crippen LogP contribution in [0.5, 0.6) is 0 Å². The minimum absolute atomic E-state index is 0.721. The largest absolute Gasteiger partial charge is 0.0881 e. The van der Waals surface area contributed by atoms with Crippen molar-refractivity contribution in [1.82, 2.24) is 0 Å². The van der Waals surface area contributed by atoms with Crippen LogP contribution in [0, 0.1) is 13.3 Å². The summed E-state index contributed by atoms with van der Waals surface area (Å²) in [5.74, 6) is 0. The first-order chi connectivity index (χ1) is 10.1. The monoisotopic (exact) mass is 313 g/mol. The van der Waals surface area contributed by atoms with E-state index in [9.17, 15) is 0 Å². The Labute approximate surface area is 135 Å². The maximum Gasteiger partial charge on any atom is 0.0412 e. The van der Waals surface area contributed by atoms with Crippen LogP contribution in [0.25, 0.3) is 11.1 Å². The van der Waals surface area contributed by atoms with Crippen molar-refractivity contribution in [2.75, 3.05) is 0 Å². The summed E-state index contributed by atoms with van der Waals surface area (Å²) in [5.41, 5.74) is 5.71. The van der Waals surface area contributed by atoms with Gasteiger partial charge in [0, 0.05) is 22.0 Å². The van der Waals surface area contributed by atoms with E-state index < -0.39 is 0 Å². The fourth-order valence-electron chi connectivity index (χ4n) is 2.55. The van der Waals surface area contributed by atoms with Gasteiger partial charge in [-0.25, -0.2) is 0 Å². The molecular formula is C19H15Cl2. The third-order valence-electron chi connectivity index (χ3n) is 3.60. The standard InChI is InChI=1S/C19H15Cl2/c1-13-8-10-14(11-9-13)17-6-3-7-18(21)19(17)15-4-2-5-16(20)12-15/h2,4-12H,3H2,1H3. The highest BCUT2D eigenvalue weighted by atomic mass is 35.5. The molecule has 0 atom stereocenters. The fourth-order valence-corrected chi connectivity index (χ4v) is 3.04. The van der Waals surface area contributed by atoms with E-state index in [1.807, 2.05) is 30.7 Å². The average Bonchev–Trinajstić information content (AvgIpc) is 2.48. The predicted molar refractivity (Wildman–Crippen MR) is 92.3 cm³/mol. The lowest BCUT2D eigenvalue weighted by molar-refractivity contribution is 1.25. The maximum atomic E-state index is 6.49. The Hall–Kier alpha value is -1.50. The molecule has 0 amide bonds. The summed E-state index contributed by atoms with van der Waals surface area (Å²) < 4.78 is 0. The number of hydrogen-bond donors (Lipinski definition) is 0. The number of aryl methyl sites for hydroxylation is 1. The molecule has 3 rings (SSSR count). The highest BCUT2D eigenvalue weighted by Crippen LogP contribution is 2.40. The van der Waals surface area contributed by atoms with Crippen LogP contribution >= 0.6 is 23.2 Å². The Morgan fingerprint density at radius 3 is 2.38 bits per heavy atom. The Kier molecular flexibility index (Phi) is 4.19. The van der Waals surface area contributed by atoms with Gasteiger partial charge < -0.3 is 0 Å². The lowest BCUT2D eigenvalue weighted by atomic mass is 9.87. The van der Waals surface area contributed by atoms with Crippen molar-refractivity contribution in [2.45, 2.75) is 13.3 Å². The predicted octanol–water partition coefficient (Wildman–Crippen LogP) is 6.29. The molecule has 2 aromatic rings. The molecule has 0 unspecified atom stereocenters. The highest BCUT2D eigenvalue weighted by Gasteiger charge is 2.18. The molecule has 0 nitrogen and oxygen atoms in total. The number of benzene rings is 2. The van der Waals surface area contributed by atoms with Crippen LogP contribution in [0.3, 0.4) is 0 Å². The first-order valence-corrected chi connectivity index (χ1v) is 7.67. The van der Waals surface area contributed by atoms with E-state index in [4.69, 9.17) is 23.2 Å². The Morgan fingerprint density at radius 2 is 1.67 bits per heavy atom. The highest BCUT2D eigenvalue weighted by molar-refractivity contribution is 6.37. The fraction of sp³-hybridized carbons (Fsp3) is 0.105. The summed E-state index contributed by atoms with van der Waals surface area (Å²) >= 11 is 12.6. The molecule has 2 aromatic carbocycles. The zero-order valence-corrected chi connectivity index (χ0v) is 13.2. The molecule has 1 radical (unpaired) electrons. The SMILES string of the molecule is Cc1ccc(C2=CC[CH]C(Cl)=C2c2cccc(Cl)c2)cc1. The van der Waals surface area contributed by atoms with Gasteiger partial charge in [-0.05, 0) is 42.2 Å². The topological polar surface area (TPSA) is 0 Å². The zero-order valence-electron chi connectivity index (χ0n) is 11.7. The summed E-state index contributed by atoms with van der Waals surface area (Å²) in [5, 5.41) is 1.51. The van der Waals surface area contributed by atoms with Crippen LogP contribution in [0.4, 0.5) is 0 Å². The number of hydrogen-bond acceptors (Lipinski definition) is 0. The van der Waals surface area contributed by atoms with Crippen molar-refractivity contribution >= 4 is 34.3 Å². The van der Waals surface area contributed by atoms with Gasteiger partial charge >= 0.3 is 0 Å².